The van der Waals surface area contributed by atoms with Gasteiger partial charge >= 0.3 is 6.03 Å². The van der Waals surface area contributed by atoms with Crippen LogP contribution in [0, 0.1) is 0 Å². The number of carbonyl (C=O) groups is 1. The molecule has 6 heteroatoms. The zero-order chi connectivity index (χ0) is 12.1. The molecule has 0 atom stereocenters. The number of ether oxygens (including phenoxy) is 2. The molecule has 1 aromatic rings. The SMILES string of the molecule is COc1ccc(NC(=O)N2CCOCC2)cn1. The molecule has 0 spiro atoms. The number of morpholine rings is 1. The first-order valence-corrected chi connectivity index (χ1v) is 5.43. The molecule has 0 aliphatic carbocycles. The lowest BCUT2D eigenvalue weighted by atomic mass is 10.4. The maximum absolute atomic E-state index is 11.8. The van der Waals surface area contributed by atoms with Crippen molar-refractivity contribution in [2.75, 3.05) is 38.7 Å². The monoisotopic (exact) mass is 237 g/mol. The molecule has 0 aromatic carbocycles. The van der Waals surface area contributed by atoms with Gasteiger partial charge in [0.25, 0.3) is 0 Å². The second kappa shape index (κ2) is 5.49. The van der Waals surface area contributed by atoms with Gasteiger partial charge < -0.3 is 19.7 Å². The quantitative estimate of drug-likeness (QED) is 0.832. The Morgan fingerprint density at radius 2 is 2.24 bits per heavy atom. The van der Waals surface area contributed by atoms with Gasteiger partial charge in [-0.3, -0.25) is 0 Å². The van der Waals surface area contributed by atoms with E-state index in [1.54, 1.807) is 30.3 Å². The number of rotatable bonds is 2. The van der Waals surface area contributed by atoms with Crippen molar-refractivity contribution in [2.24, 2.45) is 0 Å². The minimum Gasteiger partial charge on any atom is -0.481 e. The molecular formula is C11H15N3O3. The first-order valence-electron chi connectivity index (χ1n) is 5.43. The molecule has 1 saturated heterocycles. The Morgan fingerprint density at radius 3 is 2.82 bits per heavy atom. The highest BCUT2D eigenvalue weighted by Crippen LogP contribution is 2.11. The summed E-state index contributed by atoms with van der Waals surface area (Å²) in [4.78, 5) is 17.6. The Labute approximate surface area is 99.5 Å². The van der Waals surface area contributed by atoms with E-state index in [4.69, 9.17) is 9.47 Å². The van der Waals surface area contributed by atoms with Crippen LogP contribution in [0.2, 0.25) is 0 Å². The summed E-state index contributed by atoms with van der Waals surface area (Å²) in [6.45, 7) is 2.42. The second-order valence-corrected chi connectivity index (χ2v) is 3.62. The number of methoxy groups -OCH3 is 1. The summed E-state index contributed by atoms with van der Waals surface area (Å²) in [5.74, 6) is 0.523. The van der Waals surface area contributed by atoms with Crippen LogP contribution in [-0.4, -0.2) is 49.3 Å². The largest absolute Gasteiger partial charge is 0.481 e. The van der Waals surface area contributed by atoms with Crippen molar-refractivity contribution in [2.45, 2.75) is 0 Å². The van der Waals surface area contributed by atoms with Crippen molar-refractivity contribution >= 4 is 11.7 Å². The lowest BCUT2D eigenvalue weighted by Crippen LogP contribution is -2.43. The number of nitrogens with zero attached hydrogens (tertiary/aromatic N) is 2. The van der Waals surface area contributed by atoms with Gasteiger partial charge in [-0.15, -0.1) is 0 Å². The summed E-state index contributed by atoms with van der Waals surface area (Å²) in [6.07, 6.45) is 1.57. The number of hydrogen-bond donors (Lipinski definition) is 1. The molecule has 6 nitrogen and oxygen atoms in total. The summed E-state index contributed by atoms with van der Waals surface area (Å²) in [5, 5.41) is 2.78. The van der Waals surface area contributed by atoms with Crippen LogP contribution in [-0.2, 0) is 4.74 Å². The Balaban J connectivity index is 1.92. The molecule has 2 heterocycles. The molecule has 1 N–H and O–H groups in total. The van der Waals surface area contributed by atoms with Gasteiger partial charge in [0.2, 0.25) is 5.88 Å². The van der Waals surface area contributed by atoms with Crippen LogP contribution in [0.3, 0.4) is 0 Å². The van der Waals surface area contributed by atoms with E-state index in [0.717, 1.165) is 0 Å². The van der Waals surface area contributed by atoms with Crippen LogP contribution in [0.5, 0.6) is 5.88 Å². The third-order valence-electron chi connectivity index (χ3n) is 2.50. The molecule has 0 saturated carbocycles. The van der Waals surface area contributed by atoms with Crippen LogP contribution < -0.4 is 10.1 Å². The number of anilines is 1. The predicted molar refractivity (Wildman–Crippen MR) is 62.2 cm³/mol. The van der Waals surface area contributed by atoms with Gasteiger partial charge in [0.15, 0.2) is 0 Å². The average molecular weight is 237 g/mol. The van der Waals surface area contributed by atoms with Crippen LogP contribution in [0.15, 0.2) is 18.3 Å². The van der Waals surface area contributed by atoms with E-state index in [9.17, 15) is 4.79 Å². The number of hydrogen-bond acceptors (Lipinski definition) is 4. The minimum absolute atomic E-state index is 0.125. The summed E-state index contributed by atoms with van der Waals surface area (Å²) < 4.78 is 10.1. The molecular weight excluding hydrogens is 222 g/mol. The molecule has 1 aliphatic rings. The number of amides is 2. The number of carbonyl (C=O) groups excluding carboxylic acids is 1. The van der Waals surface area contributed by atoms with Gasteiger partial charge in [-0.25, -0.2) is 9.78 Å². The van der Waals surface area contributed by atoms with Crippen LogP contribution >= 0.6 is 0 Å². The lowest BCUT2D eigenvalue weighted by Gasteiger charge is -2.26. The molecule has 0 unspecified atom stereocenters. The van der Waals surface area contributed by atoms with Crippen LogP contribution in [0.1, 0.15) is 0 Å². The van der Waals surface area contributed by atoms with Crippen molar-refractivity contribution < 1.29 is 14.3 Å². The molecule has 2 amide bonds. The van der Waals surface area contributed by atoms with E-state index in [2.05, 4.69) is 10.3 Å². The van der Waals surface area contributed by atoms with Crippen LogP contribution in [0.25, 0.3) is 0 Å². The first-order chi connectivity index (χ1) is 8.29. The normalized spacial score (nSPS) is 15.5. The van der Waals surface area contributed by atoms with Gasteiger partial charge in [0.1, 0.15) is 0 Å². The van der Waals surface area contributed by atoms with E-state index in [-0.39, 0.29) is 6.03 Å². The predicted octanol–water partition coefficient (Wildman–Crippen LogP) is 0.954. The van der Waals surface area contributed by atoms with Crippen molar-refractivity contribution in [3.05, 3.63) is 18.3 Å². The average Bonchev–Trinajstić information content (AvgIpc) is 2.40. The Morgan fingerprint density at radius 1 is 1.47 bits per heavy atom. The number of urea groups is 1. The molecule has 0 bridgehead atoms. The van der Waals surface area contributed by atoms with Gasteiger partial charge in [-0.2, -0.15) is 0 Å². The van der Waals surface area contributed by atoms with E-state index >= 15 is 0 Å². The zero-order valence-corrected chi connectivity index (χ0v) is 9.68. The summed E-state index contributed by atoms with van der Waals surface area (Å²) >= 11 is 0. The minimum atomic E-state index is -0.125. The lowest BCUT2D eigenvalue weighted by molar-refractivity contribution is 0.0564. The van der Waals surface area contributed by atoms with Crippen molar-refractivity contribution in [3.8, 4) is 5.88 Å². The van der Waals surface area contributed by atoms with Gasteiger partial charge in [0, 0.05) is 19.2 Å². The third kappa shape index (κ3) is 3.07. The third-order valence-corrected chi connectivity index (χ3v) is 2.50. The standard InChI is InChI=1S/C11H15N3O3/c1-16-10-3-2-9(8-12-10)13-11(15)14-4-6-17-7-5-14/h2-3,8H,4-7H2,1H3,(H,13,15). The molecule has 92 valence electrons. The van der Waals surface area contributed by atoms with Gasteiger partial charge in [-0.1, -0.05) is 0 Å². The fourth-order valence-corrected chi connectivity index (χ4v) is 1.54. The molecule has 1 aromatic heterocycles. The number of aromatic nitrogens is 1. The molecule has 0 radical (unpaired) electrons. The topological polar surface area (TPSA) is 63.7 Å². The Hall–Kier alpha value is -1.82. The second-order valence-electron chi connectivity index (χ2n) is 3.62. The van der Waals surface area contributed by atoms with Crippen molar-refractivity contribution in [1.82, 2.24) is 9.88 Å². The van der Waals surface area contributed by atoms with Crippen molar-refractivity contribution in [3.63, 3.8) is 0 Å². The van der Waals surface area contributed by atoms with Crippen LogP contribution in [0.4, 0.5) is 10.5 Å². The first kappa shape index (κ1) is 11.7. The molecule has 1 aliphatic heterocycles. The highest BCUT2D eigenvalue weighted by Gasteiger charge is 2.16. The summed E-state index contributed by atoms with van der Waals surface area (Å²) in [7, 11) is 1.55. The van der Waals surface area contributed by atoms with E-state index in [0.29, 0.717) is 37.9 Å². The molecule has 1 fully saturated rings. The summed E-state index contributed by atoms with van der Waals surface area (Å²) in [6, 6.07) is 3.33. The van der Waals surface area contributed by atoms with Crippen molar-refractivity contribution in [1.29, 1.82) is 0 Å². The number of pyridine rings is 1. The van der Waals surface area contributed by atoms with Gasteiger partial charge in [0.05, 0.1) is 32.2 Å². The Bertz CT molecular complexity index is 374. The molecule has 2 rings (SSSR count). The fourth-order valence-electron chi connectivity index (χ4n) is 1.54. The van der Waals surface area contributed by atoms with E-state index < -0.39 is 0 Å². The number of nitrogens with one attached hydrogen (secondary N) is 1. The fraction of sp³-hybridized carbons (Fsp3) is 0.455. The smallest absolute Gasteiger partial charge is 0.322 e. The maximum Gasteiger partial charge on any atom is 0.322 e. The summed E-state index contributed by atoms with van der Waals surface area (Å²) in [5.41, 5.74) is 0.655. The van der Waals surface area contributed by atoms with E-state index in [1.807, 2.05) is 0 Å². The highest BCUT2D eigenvalue weighted by molar-refractivity contribution is 5.89. The highest BCUT2D eigenvalue weighted by atomic mass is 16.5. The Kier molecular flexibility index (Phi) is 3.77. The maximum atomic E-state index is 11.8. The van der Waals surface area contributed by atoms with E-state index in [1.165, 1.54) is 0 Å². The zero-order valence-electron chi connectivity index (χ0n) is 9.68. The van der Waals surface area contributed by atoms with Gasteiger partial charge in [-0.05, 0) is 6.07 Å². The molecule has 17 heavy (non-hydrogen) atoms.